The maximum atomic E-state index is 10.0. The van der Waals surface area contributed by atoms with Crippen LogP contribution in [0.1, 0.15) is 31.4 Å². The van der Waals surface area contributed by atoms with E-state index in [1.807, 2.05) is 19.1 Å². The van der Waals surface area contributed by atoms with Gasteiger partial charge in [0.1, 0.15) is 5.75 Å². The largest absolute Gasteiger partial charge is 0.508 e. The molecule has 1 atom stereocenters. The Morgan fingerprint density at radius 1 is 1.32 bits per heavy atom. The molecule has 0 spiro atoms. The standard InChI is InChI=1S/C15H25N3O/c1-11(16)14-5-4-13(10-15(14)19)18-8-6-12(7-9-18)17(2)3/h4-5,10-12,19H,6-9,16H2,1-3H3. The van der Waals surface area contributed by atoms with Gasteiger partial charge < -0.3 is 20.6 Å². The van der Waals surface area contributed by atoms with Crippen molar-refractivity contribution in [3.63, 3.8) is 0 Å². The Labute approximate surface area is 115 Å². The molecule has 0 amide bonds. The van der Waals surface area contributed by atoms with Crippen molar-refractivity contribution in [2.45, 2.75) is 31.8 Å². The molecule has 1 aromatic carbocycles. The van der Waals surface area contributed by atoms with Crippen LogP contribution in [0.4, 0.5) is 5.69 Å². The summed E-state index contributed by atoms with van der Waals surface area (Å²) in [5, 5.41) is 10.0. The molecule has 2 rings (SSSR count). The minimum Gasteiger partial charge on any atom is -0.508 e. The molecule has 4 nitrogen and oxygen atoms in total. The van der Waals surface area contributed by atoms with Gasteiger partial charge in [-0.2, -0.15) is 0 Å². The van der Waals surface area contributed by atoms with Crippen LogP contribution >= 0.6 is 0 Å². The third-order valence-electron chi connectivity index (χ3n) is 4.06. The molecule has 1 heterocycles. The maximum Gasteiger partial charge on any atom is 0.122 e. The fourth-order valence-corrected chi connectivity index (χ4v) is 2.75. The minimum absolute atomic E-state index is 0.131. The number of piperidine rings is 1. The van der Waals surface area contributed by atoms with Gasteiger partial charge in [0.2, 0.25) is 0 Å². The molecule has 3 N–H and O–H groups in total. The van der Waals surface area contributed by atoms with E-state index in [9.17, 15) is 5.11 Å². The number of phenols is 1. The molecule has 1 aliphatic rings. The predicted octanol–water partition coefficient (Wildman–Crippen LogP) is 1.94. The molecule has 1 aliphatic heterocycles. The lowest BCUT2D eigenvalue weighted by Gasteiger charge is -2.36. The molecule has 0 bridgehead atoms. The number of nitrogens with zero attached hydrogens (tertiary/aromatic N) is 2. The van der Waals surface area contributed by atoms with Gasteiger partial charge in [-0.3, -0.25) is 0 Å². The summed E-state index contributed by atoms with van der Waals surface area (Å²) in [5.74, 6) is 0.308. The zero-order valence-electron chi connectivity index (χ0n) is 12.1. The third kappa shape index (κ3) is 3.19. The third-order valence-corrected chi connectivity index (χ3v) is 4.06. The molecule has 4 heteroatoms. The normalized spacial score (nSPS) is 18.9. The van der Waals surface area contributed by atoms with Crippen molar-refractivity contribution in [3.05, 3.63) is 23.8 Å². The zero-order chi connectivity index (χ0) is 14.0. The molecule has 0 aromatic heterocycles. The molecular formula is C15H25N3O. The number of phenolic OH excluding ortho intramolecular Hbond substituents is 1. The van der Waals surface area contributed by atoms with Crippen molar-refractivity contribution in [1.29, 1.82) is 0 Å². The number of nitrogens with two attached hydrogens (primary N) is 1. The van der Waals surface area contributed by atoms with Crippen LogP contribution in [-0.4, -0.2) is 43.2 Å². The van der Waals surface area contributed by atoms with Crippen LogP contribution in [-0.2, 0) is 0 Å². The predicted molar refractivity (Wildman–Crippen MR) is 79.6 cm³/mol. The molecule has 106 valence electrons. The summed E-state index contributed by atoms with van der Waals surface area (Å²) in [6.07, 6.45) is 2.34. The SMILES string of the molecule is CC(N)c1ccc(N2CCC(N(C)C)CC2)cc1O. The summed E-state index contributed by atoms with van der Waals surface area (Å²) in [6, 6.07) is 6.39. The molecule has 1 saturated heterocycles. The average molecular weight is 263 g/mol. The highest BCUT2D eigenvalue weighted by atomic mass is 16.3. The molecule has 1 fully saturated rings. The van der Waals surface area contributed by atoms with E-state index in [-0.39, 0.29) is 6.04 Å². The molecule has 0 aliphatic carbocycles. The summed E-state index contributed by atoms with van der Waals surface area (Å²) < 4.78 is 0. The van der Waals surface area contributed by atoms with E-state index in [4.69, 9.17) is 5.73 Å². The summed E-state index contributed by atoms with van der Waals surface area (Å²) in [4.78, 5) is 4.64. The second-order valence-electron chi connectivity index (χ2n) is 5.71. The molecule has 0 radical (unpaired) electrons. The fourth-order valence-electron chi connectivity index (χ4n) is 2.75. The average Bonchev–Trinajstić information content (AvgIpc) is 2.38. The quantitative estimate of drug-likeness (QED) is 0.875. The summed E-state index contributed by atoms with van der Waals surface area (Å²) in [6.45, 7) is 3.97. The Hall–Kier alpha value is -1.26. The van der Waals surface area contributed by atoms with Gasteiger partial charge in [-0.1, -0.05) is 6.07 Å². The van der Waals surface area contributed by atoms with Crippen LogP contribution < -0.4 is 10.6 Å². The van der Waals surface area contributed by atoms with E-state index in [1.54, 1.807) is 0 Å². The first-order chi connectivity index (χ1) is 8.99. The van der Waals surface area contributed by atoms with Gasteiger partial charge in [0, 0.05) is 42.5 Å². The fraction of sp³-hybridized carbons (Fsp3) is 0.600. The highest BCUT2D eigenvalue weighted by Crippen LogP contribution is 2.29. The van der Waals surface area contributed by atoms with Crippen molar-refractivity contribution in [2.75, 3.05) is 32.1 Å². The van der Waals surface area contributed by atoms with E-state index in [1.165, 1.54) is 12.8 Å². The van der Waals surface area contributed by atoms with Crippen molar-refractivity contribution in [2.24, 2.45) is 5.73 Å². The number of rotatable bonds is 3. The van der Waals surface area contributed by atoms with Gasteiger partial charge in [-0.15, -0.1) is 0 Å². The summed E-state index contributed by atoms with van der Waals surface area (Å²) >= 11 is 0. The lowest BCUT2D eigenvalue weighted by Crippen LogP contribution is -2.41. The number of benzene rings is 1. The van der Waals surface area contributed by atoms with Gasteiger partial charge in [-0.05, 0) is 39.9 Å². The van der Waals surface area contributed by atoms with Gasteiger partial charge in [0.05, 0.1) is 0 Å². The van der Waals surface area contributed by atoms with E-state index < -0.39 is 0 Å². The van der Waals surface area contributed by atoms with Crippen molar-refractivity contribution in [1.82, 2.24) is 4.90 Å². The van der Waals surface area contributed by atoms with Crippen molar-refractivity contribution in [3.8, 4) is 5.75 Å². The Balaban J connectivity index is 2.06. The van der Waals surface area contributed by atoms with Gasteiger partial charge in [-0.25, -0.2) is 0 Å². The maximum absolute atomic E-state index is 10.0. The number of anilines is 1. The monoisotopic (exact) mass is 263 g/mol. The number of hydrogen-bond acceptors (Lipinski definition) is 4. The lowest BCUT2D eigenvalue weighted by molar-refractivity contribution is 0.249. The lowest BCUT2D eigenvalue weighted by atomic mass is 10.0. The highest BCUT2D eigenvalue weighted by molar-refractivity contribution is 5.54. The van der Waals surface area contributed by atoms with Gasteiger partial charge in [0.25, 0.3) is 0 Å². The topological polar surface area (TPSA) is 52.7 Å². The Morgan fingerprint density at radius 2 is 1.95 bits per heavy atom. The van der Waals surface area contributed by atoms with E-state index in [2.05, 4.69) is 30.0 Å². The second kappa shape index (κ2) is 5.80. The number of hydrogen-bond donors (Lipinski definition) is 2. The van der Waals surface area contributed by atoms with Crippen LogP contribution in [0.15, 0.2) is 18.2 Å². The van der Waals surface area contributed by atoms with Crippen LogP contribution in [0.3, 0.4) is 0 Å². The van der Waals surface area contributed by atoms with Crippen LogP contribution in [0.5, 0.6) is 5.75 Å². The highest BCUT2D eigenvalue weighted by Gasteiger charge is 2.21. The Bertz CT molecular complexity index is 423. The van der Waals surface area contributed by atoms with Crippen molar-refractivity contribution < 1.29 is 5.11 Å². The number of aromatic hydroxyl groups is 1. The first kappa shape index (κ1) is 14.2. The zero-order valence-corrected chi connectivity index (χ0v) is 12.1. The van der Waals surface area contributed by atoms with E-state index >= 15 is 0 Å². The molecule has 1 unspecified atom stereocenters. The first-order valence-corrected chi connectivity index (χ1v) is 6.99. The van der Waals surface area contributed by atoms with Crippen LogP contribution in [0, 0.1) is 0 Å². The van der Waals surface area contributed by atoms with E-state index in [0.29, 0.717) is 11.8 Å². The van der Waals surface area contributed by atoms with Gasteiger partial charge >= 0.3 is 0 Å². The molecule has 19 heavy (non-hydrogen) atoms. The summed E-state index contributed by atoms with van der Waals surface area (Å²) in [7, 11) is 4.28. The van der Waals surface area contributed by atoms with Crippen molar-refractivity contribution >= 4 is 5.69 Å². The summed E-state index contributed by atoms with van der Waals surface area (Å²) in [5.41, 5.74) is 7.72. The Kier molecular flexibility index (Phi) is 4.32. The van der Waals surface area contributed by atoms with Gasteiger partial charge in [0.15, 0.2) is 0 Å². The molecular weight excluding hydrogens is 238 g/mol. The minimum atomic E-state index is -0.131. The molecule has 0 saturated carbocycles. The second-order valence-corrected chi connectivity index (χ2v) is 5.71. The van der Waals surface area contributed by atoms with E-state index in [0.717, 1.165) is 24.3 Å². The van der Waals surface area contributed by atoms with Crippen LogP contribution in [0.2, 0.25) is 0 Å². The smallest absolute Gasteiger partial charge is 0.122 e. The Morgan fingerprint density at radius 3 is 2.42 bits per heavy atom. The molecule has 1 aromatic rings. The van der Waals surface area contributed by atoms with Crippen LogP contribution in [0.25, 0.3) is 0 Å². The first-order valence-electron chi connectivity index (χ1n) is 6.99.